The van der Waals surface area contributed by atoms with Crippen LogP contribution >= 0.6 is 24.0 Å². The second kappa shape index (κ2) is 6.38. The molecule has 1 aliphatic heterocycles. The molecule has 0 radical (unpaired) electrons. The van der Waals surface area contributed by atoms with Crippen molar-refractivity contribution in [3.05, 3.63) is 29.6 Å². The third-order valence-corrected chi connectivity index (χ3v) is 6.04. The molecule has 2 N–H and O–H groups in total. The van der Waals surface area contributed by atoms with Crippen LogP contribution in [0.4, 0.5) is 0 Å². The first-order chi connectivity index (χ1) is 9.38. The lowest BCUT2D eigenvalue weighted by Gasteiger charge is -2.34. The van der Waals surface area contributed by atoms with Gasteiger partial charge in [0.25, 0.3) is 0 Å². The van der Waals surface area contributed by atoms with Crippen LogP contribution in [-0.4, -0.2) is 53.0 Å². The number of hydrogen-bond acceptors (Lipinski definition) is 6. The Morgan fingerprint density at radius 3 is 3.05 bits per heavy atom. The van der Waals surface area contributed by atoms with Gasteiger partial charge in [0, 0.05) is 37.0 Å². The van der Waals surface area contributed by atoms with Crippen molar-refractivity contribution in [2.75, 3.05) is 24.3 Å². The number of rotatable bonds is 4. The van der Waals surface area contributed by atoms with Crippen LogP contribution in [0.3, 0.4) is 0 Å². The van der Waals surface area contributed by atoms with E-state index in [-0.39, 0.29) is 4.99 Å². The molecule has 0 aromatic carbocycles. The topological polar surface area (TPSA) is 76.3 Å². The van der Waals surface area contributed by atoms with Gasteiger partial charge in [0.1, 0.15) is 10.4 Å². The molecule has 1 aromatic rings. The number of aromatic nitrogens is 1. The smallest absolute Gasteiger partial charge is 0.164 e. The van der Waals surface area contributed by atoms with E-state index in [1.54, 1.807) is 18.0 Å². The van der Waals surface area contributed by atoms with E-state index in [2.05, 4.69) is 4.98 Å². The fourth-order valence-electron chi connectivity index (χ4n) is 2.13. The van der Waals surface area contributed by atoms with Gasteiger partial charge in [-0.3, -0.25) is 9.88 Å². The summed E-state index contributed by atoms with van der Waals surface area (Å²) in [5.41, 5.74) is 7.11. The van der Waals surface area contributed by atoms with E-state index in [4.69, 9.17) is 18.0 Å². The number of sulfone groups is 1. The number of pyridine rings is 1. The SMILES string of the molecule is CS(=O)(=O)C1CSCCN1Cc1ccnc(C(N)=S)c1. The van der Waals surface area contributed by atoms with Crippen LogP contribution in [0.2, 0.25) is 0 Å². The first-order valence-electron chi connectivity index (χ1n) is 6.13. The third-order valence-electron chi connectivity index (χ3n) is 3.15. The van der Waals surface area contributed by atoms with E-state index in [0.717, 1.165) is 17.9 Å². The maximum Gasteiger partial charge on any atom is 0.164 e. The molecule has 0 bridgehead atoms. The van der Waals surface area contributed by atoms with Gasteiger partial charge in [-0.2, -0.15) is 11.8 Å². The zero-order chi connectivity index (χ0) is 14.8. The van der Waals surface area contributed by atoms with Crippen molar-refractivity contribution in [1.29, 1.82) is 0 Å². The average Bonchev–Trinajstić information content (AvgIpc) is 2.38. The zero-order valence-corrected chi connectivity index (χ0v) is 13.6. The first kappa shape index (κ1) is 15.7. The first-order valence-corrected chi connectivity index (χ1v) is 9.65. The molecular formula is C12H17N3O2S3. The van der Waals surface area contributed by atoms with Crippen molar-refractivity contribution in [2.24, 2.45) is 5.73 Å². The number of nitrogens with zero attached hydrogens (tertiary/aromatic N) is 2. The number of hydrogen-bond donors (Lipinski definition) is 1. The fraction of sp³-hybridized carbons (Fsp3) is 0.500. The van der Waals surface area contributed by atoms with Crippen LogP contribution in [0.5, 0.6) is 0 Å². The second-order valence-electron chi connectivity index (χ2n) is 4.74. The van der Waals surface area contributed by atoms with Gasteiger partial charge in [0.2, 0.25) is 0 Å². The third kappa shape index (κ3) is 3.91. The summed E-state index contributed by atoms with van der Waals surface area (Å²) < 4.78 is 23.7. The molecule has 20 heavy (non-hydrogen) atoms. The molecule has 1 fully saturated rings. The Balaban J connectivity index is 2.19. The van der Waals surface area contributed by atoms with Gasteiger partial charge in [-0.15, -0.1) is 0 Å². The Morgan fingerprint density at radius 2 is 2.40 bits per heavy atom. The average molecular weight is 331 g/mol. The molecular weight excluding hydrogens is 314 g/mol. The zero-order valence-electron chi connectivity index (χ0n) is 11.2. The molecule has 110 valence electrons. The molecule has 1 atom stereocenters. The number of thiocarbonyl (C=S) groups is 1. The lowest BCUT2D eigenvalue weighted by atomic mass is 10.2. The largest absolute Gasteiger partial charge is 0.388 e. The highest BCUT2D eigenvalue weighted by Crippen LogP contribution is 2.22. The quantitative estimate of drug-likeness (QED) is 0.811. The molecule has 1 aliphatic rings. The lowest BCUT2D eigenvalue weighted by molar-refractivity contribution is 0.262. The van der Waals surface area contributed by atoms with Crippen LogP contribution < -0.4 is 5.73 Å². The molecule has 5 nitrogen and oxygen atoms in total. The van der Waals surface area contributed by atoms with Crippen LogP contribution in [0.15, 0.2) is 18.3 Å². The minimum Gasteiger partial charge on any atom is -0.388 e. The van der Waals surface area contributed by atoms with E-state index >= 15 is 0 Å². The summed E-state index contributed by atoms with van der Waals surface area (Å²) in [6.07, 6.45) is 2.95. The van der Waals surface area contributed by atoms with E-state index in [0.29, 0.717) is 18.0 Å². The highest BCUT2D eigenvalue weighted by molar-refractivity contribution is 8.00. The summed E-state index contributed by atoms with van der Waals surface area (Å²) >= 11 is 6.59. The van der Waals surface area contributed by atoms with Gasteiger partial charge in [0.15, 0.2) is 9.84 Å². The van der Waals surface area contributed by atoms with Gasteiger partial charge in [-0.1, -0.05) is 12.2 Å². The summed E-state index contributed by atoms with van der Waals surface area (Å²) in [5, 5.41) is -0.428. The number of nitrogens with two attached hydrogens (primary N) is 1. The van der Waals surface area contributed by atoms with E-state index in [1.165, 1.54) is 6.26 Å². The Hall–Kier alpha value is -0.700. The van der Waals surface area contributed by atoms with Crippen molar-refractivity contribution in [3.63, 3.8) is 0 Å². The van der Waals surface area contributed by atoms with Crippen molar-refractivity contribution in [1.82, 2.24) is 9.88 Å². The minimum absolute atomic E-state index is 0.251. The van der Waals surface area contributed by atoms with Crippen molar-refractivity contribution >= 4 is 38.8 Å². The van der Waals surface area contributed by atoms with Gasteiger partial charge in [-0.25, -0.2) is 8.42 Å². The Labute approximate surface area is 128 Å². The van der Waals surface area contributed by atoms with Crippen LogP contribution in [0, 0.1) is 0 Å². The van der Waals surface area contributed by atoms with Gasteiger partial charge in [0.05, 0.1) is 5.69 Å². The Bertz CT molecular complexity index is 604. The summed E-state index contributed by atoms with van der Waals surface area (Å²) in [6.45, 7) is 1.32. The molecule has 1 aromatic heterocycles. The van der Waals surface area contributed by atoms with Gasteiger partial charge in [-0.05, 0) is 17.7 Å². The van der Waals surface area contributed by atoms with E-state index in [1.807, 2.05) is 17.0 Å². The molecule has 0 aliphatic carbocycles. The highest BCUT2D eigenvalue weighted by Gasteiger charge is 2.30. The predicted octanol–water partition coefficient (Wildman–Crippen LogP) is 0.635. The normalized spacial score (nSPS) is 20.8. The maximum absolute atomic E-state index is 11.9. The molecule has 2 rings (SSSR count). The van der Waals surface area contributed by atoms with Gasteiger partial charge < -0.3 is 5.73 Å². The molecule has 0 amide bonds. The highest BCUT2D eigenvalue weighted by atomic mass is 32.2. The van der Waals surface area contributed by atoms with Crippen LogP contribution in [0.25, 0.3) is 0 Å². The fourth-order valence-corrected chi connectivity index (χ4v) is 5.19. The molecule has 2 heterocycles. The summed E-state index contributed by atoms with van der Waals surface area (Å²) in [5.74, 6) is 1.56. The van der Waals surface area contributed by atoms with E-state index in [9.17, 15) is 8.42 Å². The monoisotopic (exact) mass is 331 g/mol. The van der Waals surface area contributed by atoms with Gasteiger partial charge >= 0.3 is 0 Å². The summed E-state index contributed by atoms with van der Waals surface area (Å²) in [4.78, 5) is 6.33. The Morgan fingerprint density at radius 1 is 1.65 bits per heavy atom. The molecule has 1 unspecified atom stereocenters. The molecule has 8 heteroatoms. The predicted molar refractivity (Wildman–Crippen MR) is 86.5 cm³/mol. The van der Waals surface area contributed by atoms with Crippen LogP contribution in [0.1, 0.15) is 11.3 Å². The maximum atomic E-state index is 11.9. The standard InChI is InChI=1S/C12H17N3O2S3/c1-20(16,17)11-8-19-5-4-15(11)7-9-2-3-14-10(6-9)12(13)18/h2-3,6,11H,4-5,7-8H2,1H3,(H2,13,18). The lowest BCUT2D eigenvalue weighted by Crippen LogP contribution is -2.46. The second-order valence-corrected chi connectivity index (χ2v) is 8.54. The van der Waals surface area contributed by atoms with Crippen LogP contribution in [-0.2, 0) is 16.4 Å². The molecule has 1 saturated heterocycles. The van der Waals surface area contributed by atoms with E-state index < -0.39 is 15.2 Å². The summed E-state index contributed by atoms with van der Waals surface area (Å²) in [7, 11) is -3.08. The summed E-state index contributed by atoms with van der Waals surface area (Å²) in [6, 6.07) is 3.69. The van der Waals surface area contributed by atoms with Crippen molar-refractivity contribution in [3.8, 4) is 0 Å². The minimum atomic E-state index is -3.08. The molecule has 0 saturated carbocycles. The van der Waals surface area contributed by atoms with Crippen molar-refractivity contribution < 1.29 is 8.42 Å². The number of thioether (sulfide) groups is 1. The Kier molecular flexibility index (Phi) is 5.00. The molecule has 0 spiro atoms. The van der Waals surface area contributed by atoms with Crippen molar-refractivity contribution in [2.45, 2.75) is 11.9 Å².